The summed E-state index contributed by atoms with van der Waals surface area (Å²) >= 11 is 0. The number of ether oxygens (including phenoxy) is 1. The molecule has 2 aromatic carbocycles. The van der Waals surface area contributed by atoms with Crippen molar-refractivity contribution in [2.45, 2.75) is 84.2 Å². The van der Waals surface area contributed by atoms with Crippen molar-refractivity contribution in [2.75, 3.05) is 6.61 Å². The maximum atomic E-state index is 5.77. The number of unbranched alkanes of at least 4 members (excludes halogenated alkanes) is 3. The molecule has 0 amide bonds. The Morgan fingerprint density at radius 2 is 1.45 bits per heavy atom. The van der Waals surface area contributed by atoms with Gasteiger partial charge in [0, 0.05) is 6.61 Å². The SMILES string of the molecule is C=CC1CCC(CCCCc2ccc(-c3ccc(COCCCCC)cc3)cc2)CC1. The van der Waals surface area contributed by atoms with Crippen LogP contribution in [0.2, 0.25) is 0 Å². The molecule has 0 aliphatic heterocycles. The molecule has 1 heteroatoms. The first kappa shape index (κ1) is 23.8. The molecule has 0 heterocycles. The Morgan fingerprint density at radius 3 is 2.06 bits per heavy atom. The van der Waals surface area contributed by atoms with E-state index in [-0.39, 0.29) is 0 Å². The van der Waals surface area contributed by atoms with Crippen LogP contribution in [-0.4, -0.2) is 6.61 Å². The second kappa shape index (κ2) is 13.5. The van der Waals surface area contributed by atoms with E-state index in [9.17, 15) is 0 Å². The van der Waals surface area contributed by atoms with E-state index < -0.39 is 0 Å². The minimum Gasteiger partial charge on any atom is -0.377 e. The standard InChI is InChI=1S/C30H42O/c1-3-5-8-23-31-24-28-17-21-30(22-18-28)29-19-15-27(16-20-29)10-7-6-9-26-13-11-25(4-2)12-14-26/h4,15-22,25-26H,2-3,5-14,23-24H2,1H3. The number of aryl methyl sites for hydroxylation is 1. The van der Waals surface area contributed by atoms with E-state index in [2.05, 4.69) is 68.1 Å². The molecule has 1 fully saturated rings. The summed E-state index contributed by atoms with van der Waals surface area (Å²) in [7, 11) is 0. The van der Waals surface area contributed by atoms with E-state index in [1.165, 1.54) is 86.5 Å². The molecule has 0 atom stereocenters. The third-order valence-corrected chi connectivity index (χ3v) is 6.95. The van der Waals surface area contributed by atoms with Crippen molar-refractivity contribution in [3.63, 3.8) is 0 Å². The predicted molar refractivity (Wildman–Crippen MR) is 134 cm³/mol. The fourth-order valence-electron chi connectivity index (χ4n) is 4.78. The highest BCUT2D eigenvalue weighted by Gasteiger charge is 2.18. The van der Waals surface area contributed by atoms with Crippen molar-refractivity contribution in [2.24, 2.45) is 11.8 Å². The lowest BCUT2D eigenvalue weighted by molar-refractivity contribution is 0.117. The van der Waals surface area contributed by atoms with Crippen LogP contribution in [0.15, 0.2) is 61.2 Å². The van der Waals surface area contributed by atoms with E-state index in [1.807, 2.05) is 0 Å². The summed E-state index contributed by atoms with van der Waals surface area (Å²) < 4.78 is 5.77. The van der Waals surface area contributed by atoms with Crippen LogP contribution >= 0.6 is 0 Å². The highest BCUT2D eigenvalue weighted by molar-refractivity contribution is 5.63. The van der Waals surface area contributed by atoms with Gasteiger partial charge in [-0.1, -0.05) is 87.2 Å². The Labute approximate surface area is 190 Å². The molecule has 0 bridgehead atoms. The number of hydrogen-bond donors (Lipinski definition) is 0. The van der Waals surface area contributed by atoms with Gasteiger partial charge in [-0.3, -0.25) is 0 Å². The smallest absolute Gasteiger partial charge is 0.0716 e. The second-order valence-electron chi connectivity index (χ2n) is 9.42. The fraction of sp³-hybridized carbons (Fsp3) is 0.533. The maximum absolute atomic E-state index is 5.77. The van der Waals surface area contributed by atoms with Crippen molar-refractivity contribution >= 4 is 0 Å². The van der Waals surface area contributed by atoms with Gasteiger partial charge in [-0.05, 0) is 79.0 Å². The summed E-state index contributed by atoms with van der Waals surface area (Å²) in [6, 6.07) is 18.0. The van der Waals surface area contributed by atoms with Crippen LogP contribution in [0.25, 0.3) is 11.1 Å². The van der Waals surface area contributed by atoms with Crippen molar-refractivity contribution in [3.8, 4) is 11.1 Å². The van der Waals surface area contributed by atoms with E-state index in [1.54, 1.807) is 0 Å². The van der Waals surface area contributed by atoms with Crippen molar-refractivity contribution in [1.29, 1.82) is 0 Å². The van der Waals surface area contributed by atoms with Gasteiger partial charge in [-0.25, -0.2) is 0 Å². The fourth-order valence-corrected chi connectivity index (χ4v) is 4.78. The van der Waals surface area contributed by atoms with E-state index in [4.69, 9.17) is 4.74 Å². The summed E-state index contributed by atoms with van der Waals surface area (Å²) in [5.41, 5.74) is 5.32. The molecule has 0 radical (unpaired) electrons. The first-order valence-corrected chi connectivity index (χ1v) is 12.7. The van der Waals surface area contributed by atoms with Gasteiger partial charge in [0.1, 0.15) is 0 Å². The molecule has 1 aliphatic carbocycles. The summed E-state index contributed by atoms with van der Waals surface area (Å²) in [6.07, 6.45) is 16.7. The first-order valence-electron chi connectivity index (χ1n) is 12.7. The van der Waals surface area contributed by atoms with Crippen LogP contribution in [0.1, 0.15) is 82.3 Å². The Hall–Kier alpha value is -1.86. The third kappa shape index (κ3) is 8.30. The van der Waals surface area contributed by atoms with Crippen LogP contribution in [0.3, 0.4) is 0 Å². The van der Waals surface area contributed by atoms with Gasteiger partial charge in [-0.15, -0.1) is 6.58 Å². The van der Waals surface area contributed by atoms with Crippen molar-refractivity contribution in [1.82, 2.24) is 0 Å². The average molecular weight is 419 g/mol. The lowest BCUT2D eigenvalue weighted by Crippen LogP contribution is -2.12. The van der Waals surface area contributed by atoms with E-state index in [0.29, 0.717) is 0 Å². The Balaban J connectivity index is 1.36. The number of benzene rings is 2. The zero-order chi connectivity index (χ0) is 21.7. The van der Waals surface area contributed by atoms with E-state index in [0.717, 1.165) is 31.5 Å². The number of allylic oxidation sites excluding steroid dienone is 1. The quantitative estimate of drug-likeness (QED) is 0.233. The van der Waals surface area contributed by atoms with Crippen LogP contribution in [0, 0.1) is 11.8 Å². The summed E-state index contributed by atoms with van der Waals surface area (Å²) in [6.45, 7) is 7.78. The van der Waals surface area contributed by atoms with Gasteiger partial charge < -0.3 is 4.74 Å². The minimum atomic E-state index is 0.721. The van der Waals surface area contributed by atoms with Crippen LogP contribution in [0.4, 0.5) is 0 Å². The van der Waals surface area contributed by atoms with E-state index >= 15 is 0 Å². The average Bonchev–Trinajstić information content (AvgIpc) is 2.83. The molecule has 1 nitrogen and oxygen atoms in total. The Bertz CT molecular complexity index is 735. The molecule has 0 saturated heterocycles. The molecular weight excluding hydrogens is 376 g/mol. The molecule has 31 heavy (non-hydrogen) atoms. The van der Waals surface area contributed by atoms with Crippen LogP contribution in [-0.2, 0) is 17.8 Å². The molecule has 1 aliphatic rings. The van der Waals surface area contributed by atoms with Crippen LogP contribution in [0.5, 0.6) is 0 Å². The maximum Gasteiger partial charge on any atom is 0.0716 e. The highest BCUT2D eigenvalue weighted by Crippen LogP contribution is 2.32. The summed E-state index contributed by atoms with van der Waals surface area (Å²) in [5.74, 6) is 1.75. The molecule has 0 N–H and O–H groups in total. The molecule has 3 rings (SSSR count). The van der Waals surface area contributed by atoms with Gasteiger partial charge in [0.25, 0.3) is 0 Å². The minimum absolute atomic E-state index is 0.721. The topological polar surface area (TPSA) is 9.23 Å². The largest absolute Gasteiger partial charge is 0.377 e. The normalized spacial score (nSPS) is 18.7. The predicted octanol–water partition coefficient (Wildman–Crippen LogP) is 8.77. The molecule has 0 spiro atoms. The lowest BCUT2D eigenvalue weighted by Gasteiger charge is -2.26. The van der Waals surface area contributed by atoms with Gasteiger partial charge in [0.15, 0.2) is 0 Å². The Morgan fingerprint density at radius 1 is 0.806 bits per heavy atom. The van der Waals surface area contributed by atoms with Gasteiger partial charge >= 0.3 is 0 Å². The third-order valence-electron chi connectivity index (χ3n) is 6.95. The highest BCUT2D eigenvalue weighted by atomic mass is 16.5. The van der Waals surface area contributed by atoms with Crippen molar-refractivity contribution < 1.29 is 4.74 Å². The monoisotopic (exact) mass is 418 g/mol. The number of hydrogen-bond acceptors (Lipinski definition) is 1. The van der Waals surface area contributed by atoms with Crippen LogP contribution < -0.4 is 0 Å². The zero-order valence-electron chi connectivity index (χ0n) is 19.7. The number of rotatable bonds is 13. The van der Waals surface area contributed by atoms with Crippen molar-refractivity contribution in [3.05, 3.63) is 72.3 Å². The molecular formula is C30H42O. The molecule has 1 saturated carbocycles. The second-order valence-corrected chi connectivity index (χ2v) is 9.42. The molecule has 0 aromatic heterocycles. The lowest BCUT2D eigenvalue weighted by atomic mass is 9.80. The summed E-state index contributed by atoms with van der Waals surface area (Å²) in [4.78, 5) is 0. The zero-order valence-corrected chi connectivity index (χ0v) is 19.7. The van der Waals surface area contributed by atoms with Gasteiger partial charge in [-0.2, -0.15) is 0 Å². The van der Waals surface area contributed by atoms with Gasteiger partial charge in [0.05, 0.1) is 6.61 Å². The molecule has 2 aromatic rings. The molecule has 0 unspecified atom stereocenters. The molecule has 168 valence electrons. The van der Waals surface area contributed by atoms with Gasteiger partial charge in [0.2, 0.25) is 0 Å². The summed E-state index contributed by atoms with van der Waals surface area (Å²) in [5, 5.41) is 0. The Kier molecular flexibility index (Phi) is 10.4. The first-order chi connectivity index (χ1) is 15.3.